The number of aryl methyl sites for hydroxylation is 1. The average Bonchev–Trinajstić information content (AvgIpc) is 3.26. The molecule has 1 aliphatic rings. The summed E-state index contributed by atoms with van der Waals surface area (Å²) in [5, 5.41) is 6.24. The van der Waals surface area contributed by atoms with Gasteiger partial charge in [-0.15, -0.1) is 0 Å². The molecule has 1 saturated heterocycles. The van der Waals surface area contributed by atoms with E-state index < -0.39 is 5.97 Å². The summed E-state index contributed by atoms with van der Waals surface area (Å²) >= 11 is 0. The van der Waals surface area contributed by atoms with E-state index in [0.29, 0.717) is 5.71 Å². The number of aromatic nitrogens is 1. The molecule has 0 radical (unpaired) electrons. The van der Waals surface area contributed by atoms with Crippen LogP contribution < -0.4 is 0 Å². The molecular weight excluding hydrogens is 428 g/mol. The highest BCUT2D eigenvalue weighted by Gasteiger charge is 2.31. The normalized spacial score (nSPS) is 18.3. The lowest BCUT2D eigenvalue weighted by Crippen LogP contribution is -2.29. The number of carbonyl (C=O) groups is 1. The van der Waals surface area contributed by atoms with Gasteiger partial charge in [0, 0.05) is 63.5 Å². The number of amidine groups is 1. The van der Waals surface area contributed by atoms with E-state index in [9.17, 15) is 4.79 Å². The van der Waals surface area contributed by atoms with Crippen molar-refractivity contribution in [3.05, 3.63) is 53.2 Å². The van der Waals surface area contributed by atoms with Crippen LogP contribution in [0.25, 0.3) is 27.9 Å². The fourth-order valence-corrected chi connectivity index (χ4v) is 4.60. The Labute approximate surface area is 199 Å². The van der Waals surface area contributed by atoms with Gasteiger partial charge >= 0.3 is 5.97 Å². The lowest BCUT2D eigenvalue weighted by molar-refractivity contribution is -0.140. The van der Waals surface area contributed by atoms with E-state index in [2.05, 4.69) is 67.9 Å². The van der Waals surface area contributed by atoms with Crippen LogP contribution in [0.1, 0.15) is 31.9 Å². The van der Waals surface area contributed by atoms with E-state index in [1.807, 2.05) is 32.0 Å². The van der Waals surface area contributed by atoms with E-state index in [1.165, 1.54) is 12.4 Å². The Morgan fingerprint density at radius 3 is 2.26 bits per heavy atom. The Morgan fingerprint density at radius 1 is 0.971 bits per heavy atom. The van der Waals surface area contributed by atoms with Crippen LogP contribution in [0, 0.1) is 0 Å². The lowest BCUT2D eigenvalue weighted by Gasteiger charge is -2.13. The molecule has 2 heterocycles. The molecule has 0 bridgehead atoms. The Bertz CT molecular complexity index is 1410. The van der Waals surface area contributed by atoms with E-state index >= 15 is 0 Å². The van der Waals surface area contributed by atoms with Gasteiger partial charge in [-0.1, -0.05) is 17.3 Å². The topological polar surface area (TPSA) is 74.8 Å². The molecule has 0 spiro atoms. The van der Waals surface area contributed by atoms with Crippen LogP contribution in [0.3, 0.4) is 0 Å². The van der Waals surface area contributed by atoms with Crippen LogP contribution in [0.4, 0.5) is 0 Å². The summed E-state index contributed by atoms with van der Waals surface area (Å²) < 4.78 is 2.31. The predicted molar refractivity (Wildman–Crippen MR) is 139 cm³/mol. The van der Waals surface area contributed by atoms with Gasteiger partial charge in [0.2, 0.25) is 5.96 Å². The number of benzene rings is 2. The molecule has 1 aliphatic heterocycles. The fraction of sp³-hybridized carbons (Fsp3) is 0.308. The molecule has 0 amide bonds. The SMILES string of the molecule is CCn1c2ccc(C=C3C(=NC)N(C)C(=NC)N3C)cc2c2cc(/C(C)=N/OC(C)=O)ccc21. The standard InChI is InChI=1S/C26H30N6O2/c1-8-32-22-11-9-18(14-24-25(27-4)31(7)26(28-5)30(24)6)13-20(22)21-15-19(10-12-23(21)32)16(2)29-34-17(3)33/h9-15H,8H2,1-7H3/b24-14?,27-25?,28-26?,29-16+. The molecule has 0 unspecified atom stereocenters. The maximum atomic E-state index is 11.2. The highest BCUT2D eigenvalue weighted by Crippen LogP contribution is 2.32. The minimum absolute atomic E-state index is 0.436. The largest absolute Gasteiger partial charge is 0.341 e. The zero-order chi connectivity index (χ0) is 24.6. The molecule has 2 aromatic carbocycles. The van der Waals surface area contributed by atoms with Crippen LogP contribution >= 0.6 is 0 Å². The van der Waals surface area contributed by atoms with Gasteiger partial charge in [0.05, 0.1) is 11.4 Å². The number of oxime groups is 1. The van der Waals surface area contributed by atoms with E-state index in [1.54, 1.807) is 14.1 Å². The Morgan fingerprint density at radius 2 is 1.65 bits per heavy atom. The summed E-state index contributed by atoms with van der Waals surface area (Å²) in [4.78, 5) is 28.9. The number of rotatable bonds is 4. The van der Waals surface area contributed by atoms with Gasteiger partial charge in [-0.05, 0) is 55.3 Å². The summed E-state index contributed by atoms with van der Waals surface area (Å²) in [7, 11) is 7.56. The van der Waals surface area contributed by atoms with Gasteiger partial charge < -0.3 is 14.3 Å². The molecule has 8 nitrogen and oxygen atoms in total. The maximum absolute atomic E-state index is 11.2. The summed E-state index contributed by atoms with van der Waals surface area (Å²) in [6, 6.07) is 12.7. The first-order chi connectivity index (χ1) is 16.3. The molecule has 4 rings (SSSR count). The Balaban J connectivity index is 1.88. The predicted octanol–water partition coefficient (Wildman–Crippen LogP) is 4.33. The number of aliphatic imine (C=N–C) groups is 2. The minimum Gasteiger partial charge on any atom is -0.341 e. The van der Waals surface area contributed by atoms with Crippen LogP contribution in [-0.2, 0) is 16.2 Å². The molecule has 176 valence electrons. The van der Waals surface area contributed by atoms with Gasteiger partial charge in [-0.25, -0.2) is 4.79 Å². The van der Waals surface area contributed by atoms with Crippen molar-refractivity contribution in [1.82, 2.24) is 14.4 Å². The van der Waals surface area contributed by atoms with Crippen LogP contribution in [0.2, 0.25) is 0 Å². The summed E-state index contributed by atoms with van der Waals surface area (Å²) in [5.41, 5.74) is 5.96. The zero-order valence-corrected chi connectivity index (χ0v) is 20.7. The molecular formula is C26H30N6O2. The number of likely N-dealkylation sites (N-methyl/N-ethyl adjacent to an activating group) is 2. The average molecular weight is 459 g/mol. The molecule has 0 N–H and O–H groups in total. The van der Waals surface area contributed by atoms with Crippen molar-refractivity contribution in [1.29, 1.82) is 0 Å². The summed E-state index contributed by atoms with van der Waals surface area (Å²) in [5.74, 6) is 1.29. The maximum Gasteiger partial charge on any atom is 0.331 e. The van der Waals surface area contributed by atoms with Crippen molar-refractivity contribution in [2.45, 2.75) is 27.3 Å². The molecule has 0 atom stereocenters. The molecule has 34 heavy (non-hydrogen) atoms. The second-order valence-electron chi connectivity index (χ2n) is 8.23. The third-order valence-electron chi connectivity index (χ3n) is 6.16. The van der Waals surface area contributed by atoms with Crippen LogP contribution in [0.5, 0.6) is 0 Å². The Hall–Kier alpha value is -3.94. The third-order valence-corrected chi connectivity index (χ3v) is 6.16. The first-order valence-corrected chi connectivity index (χ1v) is 11.2. The van der Waals surface area contributed by atoms with Gasteiger partial charge in [-0.3, -0.25) is 14.9 Å². The van der Waals surface area contributed by atoms with Gasteiger partial charge in [-0.2, -0.15) is 0 Å². The molecule has 0 saturated carbocycles. The second kappa shape index (κ2) is 9.13. The molecule has 1 aromatic heterocycles. The molecule has 8 heteroatoms. The zero-order valence-electron chi connectivity index (χ0n) is 20.7. The number of guanidine groups is 1. The van der Waals surface area contributed by atoms with E-state index in [0.717, 1.165) is 51.5 Å². The van der Waals surface area contributed by atoms with E-state index in [-0.39, 0.29) is 0 Å². The van der Waals surface area contributed by atoms with Crippen molar-refractivity contribution >= 4 is 51.4 Å². The number of nitrogens with zero attached hydrogens (tertiary/aromatic N) is 6. The second-order valence-corrected chi connectivity index (χ2v) is 8.23. The fourth-order valence-electron chi connectivity index (χ4n) is 4.60. The molecule has 0 aliphatic carbocycles. The first kappa shape index (κ1) is 23.2. The van der Waals surface area contributed by atoms with Crippen molar-refractivity contribution < 1.29 is 9.63 Å². The number of carbonyl (C=O) groups excluding carboxylic acids is 1. The molecule has 1 fully saturated rings. The smallest absolute Gasteiger partial charge is 0.331 e. The van der Waals surface area contributed by atoms with Crippen LogP contribution in [0.15, 0.2) is 57.2 Å². The molecule has 3 aromatic rings. The monoisotopic (exact) mass is 458 g/mol. The number of hydrogen-bond acceptors (Lipinski definition) is 5. The first-order valence-electron chi connectivity index (χ1n) is 11.2. The lowest BCUT2D eigenvalue weighted by atomic mass is 10.0. The van der Waals surface area contributed by atoms with Gasteiger partial charge in [0.25, 0.3) is 0 Å². The van der Waals surface area contributed by atoms with Crippen molar-refractivity contribution in [3.63, 3.8) is 0 Å². The van der Waals surface area contributed by atoms with Crippen LogP contribution in [-0.4, -0.2) is 66.0 Å². The van der Waals surface area contributed by atoms with Crippen molar-refractivity contribution in [2.75, 3.05) is 28.2 Å². The van der Waals surface area contributed by atoms with Gasteiger partial charge in [0.15, 0.2) is 5.84 Å². The van der Waals surface area contributed by atoms with Gasteiger partial charge in [0.1, 0.15) is 0 Å². The third kappa shape index (κ3) is 3.85. The highest BCUT2D eigenvalue weighted by atomic mass is 16.7. The summed E-state index contributed by atoms with van der Waals surface area (Å²) in [6.45, 7) is 6.18. The minimum atomic E-state index is -0.436. The Kier molecular flexibility index (Phi) is 6.24. The highest BCUT2D eigenvalue weighted by molar-refractivity contribution is 6.18. The van der Waals surface area contributed by atoms with Crippen molar-refractivity contribution in [3.8, 4) is 0 Å². The number of fused-ring (bicyclic) bond motifs is 3. The van der Waals surface area contributed by atoms with Crippen molar-refractivity contribution in [2.24, 2.45) is 15.1 Å². The van der Waals surface area contributed by atoms with E-state index in [4.69, 9.17) is 4.84 Å². The summed E-state index contributed by atoms with van der Waals surface area (Å²) in [6.07, 6.45) is 2.14. The number of hydrogen-bond donors (Lipinski definition) is 0. The quantitative estimate of drug-likeness (QED) is 0.331.